The van der Waals surface area contributed by atoms with Gasteiger partial charge in [0.1, 0.15) is 0 Å². The molecular weight excluding hydrogens is 106 g/mol. The molecule has 0 amide bonds. The Labute approximate surface area is 48.9 Å². The largest absolute Gasteiger partial charge is 0.395 e. The lowest BCUT2D eigenvalue weighted by atomic mass is 10.3. The number of nitrogens with zero attached hydrogens (tertiary/aromatic N) is 1. The molecule has 3 heteroatoms. The van der Waals surface area contributed by atoms with E-state index in [1.54, 1.807) is 0 Å². The lowest BCUT2D eigenvalue weighted by Gasteiger charge is -2.12. The van der Waals surface area contributed by atoms with Gasteiger partial charge in [0.25, 0.3) is 0 Å². The highest BCUT2D eigenvalue weighted by Gasteiger charge is 2.19. The van der Waals surface area contributed by atoms with Crippen molar-refractivity contribution in [3.63, 3.8) is 0 Å². The quantitative estimate of drug-likeness (QED) is 0.491. The molecule has 1 atom stereocenters. The molecule has 0 aromatic heterocycles. The molecule has 0 saturated carbocycles. The predicted octanol–water partition coefficient (Wildman–Crippen LogP) is -0.733. The van der Waals surface area contributed by atoms with Gasteiger partial charge in [0, 0.05) is 0 Å². The van der Waals surface area contributed by atoms with Crippen LogP contribution in [0, 0.1) is 0 Å². The molecule has 1 aliphatic heterocycles. The summed E-state index contributed by atoms with van der Waals surface area (Å²) in [4.78, 5) is 1.99. The zero-order chi connectivity index (χ0) is 5.98. The fourth-order valence-electron chi connectivity index (χ4n) is 0.757. The second-order valence-electron chi connectivity index (χ2n) is 2.09. The number of rotatable bonds is 1. The van der Waals surface area contributed by atoms with E-state index in [1.165, 1.54) is 0 Å². The summed E-state index contributed by atoms with van der Waals surface area (Å²) < 4.78 is 5.03. The van der Waals surface area contributed by atoms with Gasteiger partial charge in [-0.2, -0.15) is 0 Å². The lowest BCUT2D eigenvalue weighted by Crippen LogP contribution is -2.29. The average Bonchev–Trinajstić information content (AvgIpc) is 2.14. The van der Waals surface area contributed by atoms with Gasteiger partial charge in [0.2, 0.25) is 0 Å². The zero-order valence-corrected chi connectivity index (χ0v) is 5.00. The number of ether oxygens (including phenoxy) is 1. The molecule has 1 unspecified atom stereocenters. The highest BCUT2D eigenvalue weighted by atomic mass is 16.5. The standard InChI is InChI=1S/C5H11NO2/c1-6-4-8-3-5(6)2-7/h5,7H,2-4H2,1H3. The fourth-order valence-corrected chi connectivity index (χ4v) is 0.757. The SMILES string of the molecule is CN1COCC1CO. The van der Waals surface area contributed by atoms with Crippen LogP contribution in [0.3, 0.4) is 0 Å². The predicted molar refractivity (Wildman–Crippen MR) is 29.5 cm³/mol. The average molecular weight is 117 g/mol. The van der Waals surface area contributed by atoms with E-state index in [0.717, 1.165) is 0 Å². The van der Waals surface area contributed by atoms with Gasteiger partial charge in [-0.1, -0.05) is 0 Å². The normalized spacial score (nSPS) is 31.5. The molecule has 1 fully saturated rings. The molecule has 0 radical (unpaired) electrons. The molecule has 1 heterocycles. The van der Waals surface area contributed by atoms with Crippen LogP contribution in [0.2, 0.25) is 0 Å². The summed E-state index contributed by atoms with van der Waals surface area (Å²) in [6, 6.07) is 0.231. The van der Waals surface area contributed by atoms with E-state index in [4.69, 9.17) is 9.84 Å². The number of aliphatic hydroxyl groups excluding tert-OH is 1. The van der Waals surface area contributed by atoms with Crippen molar-refractivity contribution in [3.8, 4) is 0 Å². The van der Waals surface area contributed by atoms with Crippen LogP contribution in [0.1, 0.15) is 0 Å². The molecule has 1 N–H and O–H groups in total. The Morgan fingerprint density at radius 1 is 1.88 bits per heavy atom. The van der Waals surface area contributed by atoms with Crippen LogP contribution >= 0.6 is 0 Å². The monoisotopic (exact) mass is 117 g/mol. The molecule has 1 rings (SSSR count). The molecule has 0 aromatic rings. The van der Waals surface area contributed by atoms with E-state index in [0.29, 0.717) is 13.3 Å². The molecule has 0 spiro atoms. The van der Waals surface area contributed by atoms with Gasteiger partial charge in [-0.15, -0.1) is 0 Å². The highest BCUT2D eigenvalue weighted by Crippen LogP contribution is 2.03. The molecular formula is C5H11NO2. The third-order valence-electron chi connectivity index (χ3n) is 1.44. The number of hydrogen-bond donors (Lipinski definition) is 1. The van der Waals surface area contributed by atoms with Gasteiger partial charge >= 0.3 is 0 Å². The molecule has 1 aliphatic rings. The minimum Gasteiger partial charge on any atom is -0.395 e. The van der Waals surface area contributed by atoms with Crippen molar-refractivity contribution in [2.24, 2.45) is 0 Å². The summed E-state index contributed by atoms with van der Waals surface area (Å²) in [5.41, 5.74) is 0. The van der Waals surface area contributed by atoms with Crippen molar-refractivity contribution in [1.29, 1.82) is 0 Å². The topological polar surface area (TPSA) is 32.7 Å². The molecule has 48 valence electrons. The van der Waals surface area contributed by atoms with Crippen molar-refractivity contribution >= 4 is 0 Å². The van der Waals surface area contributed by atoms with Gasteiger partial charge < -0.3 is 9.84 Å². The molecule has 1 saturated heterocycles. The van der Waals surface area contributed by atoms with Gasteiger partial charge in [-0.3, -0.25) is 4.90 Å². The number of hydrogen-bond acceptors (Lipinski definition) is 3. The van der Waals surface area contributed by atoms with Crippen molar-refractivity contribution in [1.82, 2.24) is 4.90 Å². The van der Waals surface area contributed by atoms with Crippen molar-refractivity contribution in [2.75, 3.05) is 27.0 Å². The van der Waals surface area contributed by atoms with Crippen LogP contribution in [0.15, 0.2) is 0 Å². The Balaban J connectivity index is 2.30. The van der Waals surface area contributed by atoms with E-state index in [-0.39, 0.29) is 12.6 Å². The first-order valence-corrected chi connectivity index (χ1v) is 2.73. The first-order chi connectivity index (χ1) is 3.84. The maximum atomic E-state index is 8.61. The summed E-state index contributed by atoms with van der Waals surface area (Å²) in [6.45, 7) is 1.54. The Morgan fingerprint density at radius 3 is 2.88 bits per heavy atom. The second-order valence-corrected chi connectivity index (χ2v) is 2.09. The Hall–Kier alpha value is -0.120. The number of aliphatic hydroxyl groups is 1. The molecule has 3 nitrogen and oxygen atoms in total. The van der Waals surface area contributed by atoms with Crippen LogP contribution < -0.4 is 0 Å². The molecule has 0 aromatic carbocycles. The first-order valence-electron chi connectivity index (χ1n) is 2.73. The van der Waals surface area contributed by atoms with Gasteiger partial charge in [-0.25, -0.2) is 0 Å². The van der Waals surface area contributed by atoms with Crippen molar-refractivity contribution in [2.45, 2.75) is 6.04 Å². The van der Waals surface area contributed by atoms with E-state index < -0.39 is 0 Å². The summed E-state index contributed by atoms with van der Waals surface area (Å²) >= 11 is 0. The van der Waals surface area contributed by atoms with E-state index in [9.17, 15) is 0 Å². The lowest BCUT2D eigenvalue weighted by molar-refractivity contribution is 0.151. The minimum absolute atomic E-state index is 0.205. The molecule has 0 aliphatic carbocycles. The maximum Gasteiger partial charge on any atom is 0.0992 e. The van der Waals surface area contributed by atoms with Gasteiger partial charge in [0.05, 0.1) is 26.0 Å². The van der Waals surface area contributed by atoms with E-state index in [1.807, 2.05) is 11.9 Å². The van der Waals surface area contributed by atoms with Crippen molar-refractivity contribution in [3.05, 3.63) is 0 Å². The smallest absolute Gasteiger partial charge is 0.0992 e. The van der Waals surface area contributed by atoms with E-state index in [2.05, 4.69) is 0 Å². The minimum atomic E-state index is 0.205. The Morgan fingerprint density at radius 2 is 2.62 bits per heavy atom. The fraction of sp³-hybridized carbons (Fsp3) is 1.00. The third kappa shape index (κ3) is 0.992. The summed E-state index contributed by atoms with van der Waals surface area (Å²) in [5.74, 6) is 0. The van der Waals surface area contributed by atoms with Crippen molar-refractivity contribution < 1.29 is 9.84 Å². The molecule has 0 bridgehead atoms. The zero-order valence-electron chi connectivity index (χ0n) is 5.00. The summed E-state index contributed by atoms with van der Waals surface area (Å²) in [6.07, 6.45) is 0. The van der Waals surface area contributed by atoms with E-state index >= 15 is 0 Å². The van der Waals surface area contributed by atoms with Crippen LogP contribution in [0.5, 0.6) is 0 Å². The second kappa shape index (κ2) is 2.44. The van der Waals surface area contributed by atoms with Gasteiger partial charge in [-0.05, 0) is 7.05 Å². The Bertz CT molecular complexity index is 76.8. The maximum absolute atomic E-state index is 8.61. The van der Waals surface area contributed by atoms with Crippen LogP contribution in [0.25, 0.3) is 0 Å². The highest BCUT2D eigenvalue weighted by molar-refractivity contribution is 4.68. The molecule has 8 heavy (non-hydrogen) atoms. The Kier molecular flexibility index (Phi) is 1.83. The van der Waals surface area contributed by atoms with Gasteiger partial charge in [0.15, 0.2) is 0 Å². The number of likely N-dealkylation sites (N-methyl/N-ethyl adjacent to an activating group) is 1. The summed E-state index contributed by atoms with van der Waals surface area (Å²) in [7, 11) is 1.94. The van der Waals surface area contributed by atoms with Crippen LogP contribution in [-0.2, 0) is 4.74 Å². The third-order valence-corrected chi connectivity index (χ3v) is 1.44. The first kappa shape index (κ1) is 6.01. The van der Waals surface area contributed by atoms with Crippen LogP contribution in [0.4, 0.5) is 0 Å². The summed E-state index contributed by atoms with van der Waals surface area (Å²) in [5, 5.41) is 8.61. The van der Waals surface area contributed by atoms with Crippen LogP contribution in [-0.4, -0.2) is 43.0 Å².